The minimum atomic E-state index is -1.21. The maximum absolute atomic E-state index is 12.0. The van der Waals surface area contributed by atoms with Crippen LogP contribution in [-0.4, -0.2) is 32.7 Å². The van der Waals surface area contributed by atoms with Gasteiger partial charge in [-0.3, -0.25) is 4.79 Å². The number of nitrogens with zero attached hydrogens (tertiary/aromatic N) is 2. The second kappa shape index (κ2) is 7.57. The molecule has 0 saturated carbocycles. The van der Waals surface area contributed by atoms with Gasteiger partial charge in [-0.25, -0.2) is 4.79 Å². The molecule has 2 N–H and O–H groups in total. The summed E-state index contributed by atoms with van der Waals surface area (Å²) < 4.78 is 5.16. The van der Waals surface area contributed by atoms with E-state index in [-0.39, 0.29) is 17.7 Å². The van der Waals surface area contributed by atoms with Crippen LogP contribution in [0, 0.1) is 0 Å². The Hall–Kier alpha value is -1.92. The van der Waals surface area contributed by atoms with Gasteiger partial charge in [-0.1, -0.05) is 39.3 Å². The highest BCUT2D eigenvalue weighted by molar-refractivity contribution is 5.86. The minimum absolute atomic E-state index is 0.178. The van der Waals surface area contributed by atoms with Gasteiger partial charge in [0, 0.05) is 18.3 Å². The summed E-state index contributed by atoms with van der Waals surface area (Å²) in [4.78, 5) is 27.5. The predicted octanol–water partition coefficient (Wildman–Crippen LogP) is 2.45. The highest BCUT2D eigenvalue weighted by Crippen LogP contribution is 2.19. The standard InChI is InChI=1S/C16H27N3O4/c1-6-10-16(5,14(21)22)18-11(20)8-7-9-12-17-13(19-23-12)15(2,3)4/h6-10H2,1-5H3,(H,18,20)(H,21,22). The first-order chi connectivity index (χ1) is 10.6. The molecule has 0 aliphatic carbocycles. The molecule has 0 radical (unpaired) electrons. The van der Waals surface area contributed by atoms with Gasteiger partial charge < -0.3 is 14.9 Å². The smallest absolute Gasteiger partial charge is 0.329 e. The van der Waals surface area contributed by atoms with Crippen LogP contribution in [0.1, 0.15) is 72.0 Å². The summed E-state index contributed by atoms with van der Waals surface area (Å²) in [6.07, 6.45) is 2.32. The van der Waals surface area contributed by atoms with E-state index in [2.05, 4.69) is 15.5 Å². The molecule has 1 unspecified atom stereocenters. The second-order valence-corrected chi connectivity index (χ2v) is 7.05. The number of carboxylic acid groups (broad SMARTS) is 1. The number of carbonyl (C=O) groups is 2. The fourth-order valence-corrected chi connectivity index (χ4v) is 2.15. The van der Waals surface area contributed by atoms with E-state index in [9.17, 15) is 14.7 Å². The van der Waals surface area contributed by atoms with Crippen molar-refractivity contribution < 1.29 is 19.2 Å². The topological polar surface area (TPSA) is 105 Å². The zero-order chi connectivity index (χ0) is 17.7. The quantitative estimate of drug-likeness (QED) is 0.760. The molecule has 0 spiro atoms. The molecule has 0 saturated heterocycles. The van der Waals surface area contributed by atoms with Crippen LogP contribution in [0.2, 0.25) is 0 Å². The molecule has 0 bridgehead atoms. The van der Waals surface area contributed by atoms with Gasteiger partial charge in [0.2, 0.25) is 11.8 Å². The van der Waals surface area contributed by atoms with Crippen LogP contribution >= 0.6 is 0 Å². The third-order valence-electron chi connectivity index (χ3n) is 3.57. The van der Waals surface area contributed by atoms with Crippen LogP contribution in [0.15, 0.2) is 4.52 Å². The van der Waals surface area contributed by atoms with Crippen LogP contribution in [0.25, 0.3) is 0 Å². The lowest BCUT2D eigenvalue weighted by Gasteiger charge is -2.25. The predicted molar refractivity (Wildman–Crippen MR) is 85.0 cm³/mol. The molecule has 1 heterocycles. The Labute approximate surface area is 136 Å². The number of nitrogens with one attached hydrogen (secondary N) is 1. The summed E-state index contributed by atoms with van der Waals surface area (Å²) in [5.41, 5.74) is -1.39. The van der Waals surface area contributed by atoms with Gasteiger partial charge in [0.05, 0.1) is 0 Å². The third kappa shape index (κ3) is 5.65. The Morgan fingerprint density at radius 3 is 2.39 bits per heavy atom. The molecule has 0 fully saturated rings. The van der Waals surface area contributed by atoms with Crippen LogP contribution in [-0.2, 0) is 21.4 Å². The number of rotatable bonds is 8. The Balaban J connectivity index is 2.48. The number of amides is 1. The molecular formula is C16H27N3O4. The zero-order valence-electron chi connectivity index (χ0n) is 14.6. The van der Waals surface area contributed by atoms with Gasteiger partial charge in [0.25, 0.3) is 0 Å². The van der Waals surface area contributed by atoms with Gasteiger partial charge in [-0.05, 0) is 19.8 Å². The number of aliphatic carboxylic acids is 1. The summed E-state index contributed by atoms with van der Waals surface area (Å²) in [6.45, 7) is 9.40. The first-order valence-corrected chi connectivity index (χ1v) is 7.96. The first-order valence-electron chi connectivity index (χ1n) is 7.96. The van der Waals surface area contributed by atoms with Crippen molar-refractivity contribution in [2.75, 3.05) is 0 Å². The molecule has 23 heavy (non-hydrogen) atoms. The maximum atomic E-state index is 12.0. The summed E-state index contributed by atoms with van der Waals surface area (Å²) in [5, 5.41) is 15.8. The van der Waals surface area contributed by atoms with Crippen molar-refractivity contribution in [2.45, 2.75) is 77.7 Å². The first kappa shape index (κ1) is 19.1. The number of hydrogen-bond donors (Lipinski definition) is 2. The van der Waals surface area contributed by atoms with Crippen molar-refractivity contribution in [3.05, 3.63) is 11.7 Å². The molecule has 130 valence electrons. The van der Waals surface area contributed by atoms with E-state index in [1.807, 2.05) is 27.7 Å². The lowest BCUT2D eigenvalue weighted by molar-refractivity contribution is -0.147. The van der Waals surface area contributed by atoms with Crippen molar-refractivity contribution in [2.24, 2.45) is 0 Å². The average molecular weight is 325 g/mol. The molecule has 1 amide bonds. The van der Waals surface area contributed by atoms with Crippen molar-refractivity contribution in [3.63, 3.8) is 0 Å². The molecule has 0 aromatic carbocycles. The Kier molecular flexibility index (Phi) is 6.29. The van der Waals surface area contributed by atoms with Crippen LogP contribution in [0.5, 0.6) is 0 Å². The van der Waals surface area contributed by atoms with Crippen molar-refractivity contribution >= 4 is 11.9 Å². The normalized spacial score (nSPS) is 14.3. The van der Waals surface area contributed by atoms with E-state index in [0.717, 1.165) is 0 Å². The van der Waals surface area contributed by atoms with E-state index in [4.69, 9.17) is 4.52 Å². The molecule has 7 nitrogen and oxygen atoms in total. The van der Waals surface area contributed by atoms with Gasteiger partial charge in [-0.15, -0.1) is 0 Å². The summed E-state index contributed by atoms with van der Waals surface area (Å²) in [5.74, 6) is -0.158. The largest absolute Gasteiger partial charge is 0.480 e. The van der Waals surface area contributed by atoms with Gasteiger partial charge >= 0.3 is 5.97 Å². The number of carboxylic acids is 1. The Bertz CT molecular complexity index is 548. The molecule has 1 aromatic rings. The van der Waals surface area contributed by atoms with Crippen LogP contribution in [0.3, 0.4) is 0 Å². The van der Waals surface area contributed by atoms with Crippen LogP contribution in [0.4, 0.5) is 0 Å². The van der Waals surface area contributed by atoms with Gasteiger partial charge in [0.15, 0.2) is 5.82 Å². The SMILES string of the molecule is CCCC(C)(NC(=O)CCCc1nc(C(C)(C)C)no1)C(=O)O. The van der Waals surface area contributed by atoms with Crippen molar-refractivity contribution in [3.8, 4) is 0 Å². The molecule has 1 rings (SSSR count). The number of carbonyl (C=O) groups excluding carboxylic acids is 1. The fraction of sp³-hybridized carbons (Fsp3) is 0.750. The molecule has 0 aliphatic rings. The van der Waals surface area contributed by atoms with E-state index in [1.165, 1.54) is 6.92 Å². The number of aryl methyl sites for hydroxylation is 1. The third-order valence-corrected chi connectivity index (χ3v) is 3.57. The summed E-state index contributed by atoms with van der Waals surface area (Å²) >= 11 is 0. The number of aromatic nitrogens is 2. The highest BCUT2D eigenvalue weighted by Gasteiger charge is 2.33. The average Bonchev–Trinajstić information content (AvgIpc) is 2.87. The van der Waals surface area contributed by atoms with Crippen LogP contribution < -0.4 is 5.32 Å². The second-order valence-electron chi connectivity index (χ2n) is 7.05. The molecule has 7 heteroatoms. The Morgan fingerprint density at radius 1 is 1.26 bits per heavy atom. The molecule has 0 aliphatic heterocycles. The highest BCUT2D eigenvalue weighted by atomic mass is 16.5. The van der Waals surface area contributed by atoms with Gasteiger partial charge in [-0.2, -0.15) is 4.98 Å². The van der Waals surface area contributed by atoms with E-state index >= 15 is 0 Å². The summed E-state index contributed by atoms with van der Waals surface area (Å²) in [7, 11) is 0. The summed E-state index contributed by atoms with van der Waals surface area (Å²) in [6, 6.07) is 0. The van der Waals surface area contributed by atoms with Gasteiger partial charge in [0.1, 0.15) is 5.54 Å². The maximum Gasteiger partial charge on any atom is 0.329 e. The van der Waals surface area contributed by atoms with E-state index < -0.39 is 11.5 Å². The van der Waals surface area contributed by atoms with Crippen molar-refractivity contribution in [1.82, 2.24) is 15.5 Å². The van der Waals surface area contributed by atoms with E-state index in [1.54, 1.807) is 0 Å². The fourth-order valence-electron chi connectivity index (χ4n) is 2.15. The Morgan fingerprint density at radius 2 is 1.91 bits per heavy atom. The minimum Gasteiger partial charge on any atom is -0.480 e. The molecular weight excluding hydrogens is 298 g/mol. The lowest BCUT2D eigenvalue weighted by atomic mass is 9.96. The molecule has 1 atom stereocenters. The number of hydrogen-bond acceptors (Lipinski definition) is 5. The zero-order valence-corrected chi connectivity index (χ0v) is 14.6. The monoisotopic (exact) mass is 325 g/mol. The van der Waals surface area contributed by atoms with E-state index in [0.29, 0.717) is 37.4 Å². The lowest BCUT2D eigenvalue weighted by Crippen LogP contribution is -2.52. The van der Waals surface area contributed by atoms with Crippen molar-refractivity contribution in [1.29, 1.82) is 0 Å². The molecule has 1 aromatic heterocycles.